The fourth-order valence-corrected chi connectivity index (χ4v) is 4.97. The van der Waals surface area contributed by atoms with E-state index >= 15 is 0 Å². The molecular formula is C27H26N2O4S2. The normalized spacial score (nSPS) is 14.7. The summed E-state index contributed by atoms with van der Waals surface area (Å²) in [4.78, 5) is 40.6. The number of carbonyl (C=O) groups excluding carboxylic acids is 3. The predicted molar refractivity (Wildman–Crippen MR) is 144 cm³/mol. The number of hydrogen-bond acceptors (Lipinski definition) is 6. The molecule has 1 aliphatic heterocycles. The van der Waals surface area contributed by atoms with Crippen LogP contribution in [-0.4, -0.2) is 41.4 Å². The maximum atomic E-state index is 13.1. The molecule has 0 saturated carbocycles. The molecule has 0 bridgehead atoms. The lowest BCUT2D eigenvalue weighted by Gasteiger charge is -2.13. The lowest BCUT2D eigenvalue weighted by atomic mass is 10.0. The van der Waals surface area contributed by atoms with Gasteiger partial charge in [-0.15, -0.1) is 11.8 Å². The average Bonchev–Trinajstić information content (AvgIpc) is 3.12. The van der Waals surface area contributed by atoms with Crippen LogP contribution in [0.1, 0.15) is 25.3 Å². The predicted octanol–water partition coefficient (Wildman–Crippen LogP) is 6.42. The van der Waals surface area contributed by atoms with Gasteiger partial charge in [0.2, 0.25) is 5.91 Å². The molecule has 8 heteroatoms. The summed E-state index contributed by atoms with van der Waals surface area (Å²) < 4.78 is 6.01. The SMILES string of the molecule is CCCCOc1ccc2ccccc2c1/C=C1\SC(=O)N(CC(=O)Nc2cccc(SC)c2)C1=O. The Labute approximate surface area is 213 Å². The third-order valence-corrected chi connectivity index (χ3v) is 7.12. The highest BCUT2D eigenvalue weighted by atomic mass is 32.2. The topological polar surface area (TPSA) is 75.7 Å². The number of amides is 3. The molecule has 0 aliphatic carbocycles. The molecule has 1 saturated heterocycles. The summed E-state index contributed by atoms with van der Waals surface area (Å²) in [6, 6.07) is 19.1. The number of anilines is 1. The van der Waals surface area contributed by atoms with Gasteiger partial charge in [0.25, 0.3) is 11.1 Å². The number of imide groups is 1. The minimum Gasteiger partial charge on any atom is -0.493 e. The van der Waals surface area contributed by atoms with Crippen molar-refractivity contribution in [1.29, 1.82) is 0 Å². The largest absolute Gasteiger partial charge is 0.493 e. The van der Waals surface area contributed by atoms with E-state index in [2.05, 4.69) is 12.2 Å². The molecule has 0 spiro atoms. The Hall–Kier alpha value is -3.23. The quantitative estimate of drug-likeness (QED) is 0.205. The molecule has 0 atom stereocenters. The van der Waals surface area contributed by atoms with E-state index in [1.54, 1.807) is 23.9 Å². The molecule has 35 heavy (non-hydrogen) atoms. The second-order valence-electron chi connectivity index (χ2n) is 7.95. The highest BCUT2D eigenvalue weighted by Crippen LogP contribution is 2.37. The van der Waals surface area contributed by atoms with Crippen LogP contribution in [0, 0.1) is 0 Å². The number of unbranched alkanes of at least 4 members (excludes halogenated alkanes) is 1. The molecule has 3 aromatic rings. The molecule has 3 amide bonds. The number of fused-ring (bicyclic) bond motifs is 1. The number of nitrogens with zero attached hydrogens (tertiary/aromatic N) is 1. The van der Waals surface area contributed by atoms with Crippen molar-refractivity contribution in [2.75, 3.05) is 24.7 Å². The van der Waals surface area contributed by atoms with Crippen molar-refractivity contribution in [2.45, 2.75) is 24.7 Å². The van der Waals surface area contributed by atoms with Gasteiger partial charge in [-0.2, -0.15) is 0 Å². The molecule has 1 fully saturated rings. The van der Waals surface area contributed by atoms with Gasteiger partial charge >= 0.3 is 0 Å². The van der Waals surface area contributed by atoms with Crippen LogP contribution in [0.5, 0.6) is 5.75 Å². The van der Waals surface area contributed by atoms with Gasteiger partial charge in [0.15, 0.2) is 0 Å². The Morgan fingerprint density at radius 3 is 2.74 bits per heavy atom. The Balaban J connectivity index is 1.56. The zero-order valence-corrected chi connectivity index (χ0v) is 21.2. The van der Waals surface area contributed by atoms with Crippen LogP contribution < -0.4 is 10.1 Å². The summed E-state index contributed by atoms with van der Waals surface area (Å²) in [7, 11) is 0. The summed E-state index contributed by atoms with van der Waals surface area (Å²) in [6.45, 7) is 2.31. The first kappa shape index (κ1) is 24.9. The number of ether oxygens (including phenoxy) is 1. The molecule has 0 aromatic heterocycles. The monoisotopic (exact) mass is 506 g/mol. The van der Waals surface area contributed by atoms with Crippen LogP contribution in [-0.2, 0) is 9.59 Å². The first-order chi connectivity index (χ1) is 17.0. The molecule has 3 aromatic carbocycles. The summed E-state index contributed by atoms with van der Waals surface area (Å²) in [5.74, 6) is -0.253. The highest BCUT2D eigenvalue weighted by molar-refractivity contribution is 8.18. The molecule has 6 nitrogen and oxygen atoms in total. The highest BCUT2D eigenvalue weighted by Gasteiger charge is 2.36. The van der Waals surface area contributed by atoms with Crippen molar-refractivity contribution < 1.29 is 19.1 Å². The van der Waals surface area contributed by atoms with Crippen LogP contribution in [0.25, 0.3) is 16.8 Å². The fourth-order valence-electron chi connectivity index (χ4n) is 3.69. The summed E-state index contributed by atoms with van der Waals surface area (Å²) in [5.41, 5.74) is 1.37. The summed E-state index contributed by atoms with van der Waals surface area (Å²) >= 11 is 2.40. The zero-order chi connectivity index (χ0) is 24.8. The standard InChI is InChI=1S/C27H26N2O4S2/c1-3-4-14-33-23-13-12-18-8-5-6-11-21(18)22(23)16-24-26(31)29(27(32)35-24)17-25(30)28-19-9-7-10-20(15-19)34-2/h5-13,15-16H,3-4,14,17H2,1-2H3,(H,28,30)/b24-16-. The van der Waals surface area contributed by atoms with Crippen molar-refractivity contribution in [3.8, 4) is 5.75 Å². The van der Waals surface area contributed by atoms with E-state index in [1.807, 2.05) is 60.9 Å². The lowest BCUT2D eigenvalue weighted by Crippen LogP contribution is -2.36. The molecule has 0 unspecified atom stereocenters. The molecule has 1 N–H and O–H groups in total. The van der Waals surface area contributed by atoms with Gasteiger partial charge < -0.3 is 10.1 Å². The summed E-state index contributed by atoms with van der Waals surface area (Å²) in [6.07, 6.45) is 5.57. The third kappa shape index (κ3) is 5.89. The smallest absolute Gasteiger partial charge is 0.294 e. The molecule has 180 valence electrons. The Kier molecular flexibility index (Phi) is 8.15. The van der Waals surface area contributed by atoms with Crippen LogP contribution in [0.15, 0.2) is 70.5 Å². The number of benzene rings is 3. The van der Waals surface area contributed by atoms with Gasteiger partial charge in [-0.1, -0.05) is 49.7 Å². The molecule has 1 aliphatic rings. The first-order valence-electron chi connectivity index (χ1n) is 11.3. The van der Waals surface area contributed by atoms with Crippen LogP contribution in [0.2, 0.25) is 0 Å². The van der Waals surface area contributed by atoms with E-state index in [-0.39, 0.29) is 11.4 Å². The van der Waals surface area contributed by atoms with E-state index in [4.69, 9.17) is 4.74 Å². The Bertz CT molecular complexity index is 1310. The number of thioether (sulfide) groups is 2. The van der Waals surface area contributed by atoms with Gasteiger partial charge in [-0.3, -0.25) is 19.3 Å². The van der Waals surface area contributed by atoms with Crippen molar-refractivity contribution in [2.24, 2.45) is 0 Å². The molecule has 1 heterocycles. The van der Waals surface area contributed by atoms with E-state index in [0.29, 0.717) is 18.0 Å². The first-order valence-corrected chi connectivity index (χ1v) is 13.4. The van der Waals surface area contributed by atoms with Gasteiger partial charge in [0.05, 0.1) is 11.5 Å². The van der Waals surface area contributed by atoms with E-state index in [1.165, 1.54) is 0 Å². The second-order valence-corrected chi connectivity index (χ2v) is 9.82. The van der Waals surface area contributed by atoms with Crippen molar-refractivity contribution in [3.05, 3.63) is 71.1 Å². The Morgan fingerprint density at radius 1 is 1.11 bits per heavy atom. The minimum atomic E-state index is -0.486. The summed E-state index contributed by atoms with van der Waals surface area (Å²) in [5, 5.41) is 4.23. The van der Waals surface area contributed by atoms with Crippen molar-refractivity contribution >= 4 is 63.1 Å². The van der Waals surface area contributed by atoms with Crippen LogP contribution in [0.4, 0.5) is 10.5 Å². The fraction of sp³-hybridized carbons (Fsp3) is 0.222. The second kappa shape index (κ2) is 11.5. The lowest BCUT2D eigenvalue weighted by molar-refractivity contribution is -0.127. The van der Waals surface area contributed by atoms with E-state index in [9.17, 15) is 14.4 Å². The molecule has 0 radical (unpaired) electrons. The van der Waals surface area contributed by atoms with Crippen molar-refractivity contribution in [1.82, 2.24) is 4.90 Å². The number of rotatable bonds is 9. The average molecular weight is 507 g/mol. The zero-order valence-electron chi connectivity index (χ0n) is 19.6. The van der Waals surface area contributed by atoms with Gasteiger partial charge in [-0.25, -0.2) is 0 Å². The maximum Gasteiger partial charge on any atom is 0.294 e. The van der Waals surface area contributed by atoms with E-state index < -0.39 is 17.1 Å². The third-order valence-electron chi connectivity index (χ3n) is 5.49. The van der Waals surface area contributed by atoms with Gasteiger partial charge in [0.1, 0.15) is 12.3 Å². The molecular weight excluding hydrogens is 480 g/mol. The maximum absolute atomic E-state index is 13.1. The molecule has 4 rings (SSSR count). The van der Waals surface area contributed by atoms with E-state index in [0.717, 1.165) is 50.7 Å². The number of nitrogens with one attached hydrogen (secondary N) is 1. The Morgan fingerprint density at radius 2 is 1.94 bits per heavy atom. The minimum absolute atomic E-state index is 0.267. The van der Waals surface area contributed by atoms with Gasteiger partial charge in [0, 0.05) is 16.1 Å². The number of hydrogen-bond donors (Lipinski definition) is 1. The van der Waals surface area contributed by atoms with Crippen LogP contribution >= 0.6 is 23.5 Å². The van der Waals surface area contributed by atoms with Crippen LogP contribution in [0.3, 0.4) is 0 Å². The van der Waals surface area contributed by atoms with Crippen molar-refractivity contribution in [3.63, 3.8) is 0 Å². The number of carbonyl (C=O) groups is 3. The van der Waals surface area contributed by atoms with Gasteiger partial charge in [-0.05, 0) is 65.6 Å².